The van der Waals surface area contributed by atoms with Crippen molar-refractivity contribution in [1.82, 2.24) is 10.3 Å². The predicted molar refractivity (Wildman–Crippen MR) is 106 cm³/mol. The number of aromatic nitrogens is 1. The zero-order valence-corrected chi connectivity index (χ0v) is 15.9. The van der Waals surface area contributed by atoms with Gasteiger partial charge in [0.1, 0.15) is 11.6 Å². The van der Waals surface area contributed by atoms with E-state index in [4.69, 9.17) is 13.9 Å². The lowest BCUT2D eigenvalue weighted by atomic mass is 10.1. The molecule has 0 unspecified atom stereocenters. The summed E-state index contributed by atoms with van der Waals surface area (Å²) in [5.74, 6) is 2.69. The summed E-state index contributed by atoms with van der Waals surface area (Å²) < 4.78 is 15.8. The second kappa shape index (κ2) is 9.45. The van der Waals surface area contributed by atoms with Crippen LogP contribution >= 0.6 is 0 Å². The minimum atomic E-state index is -0.162. The highest BCUT2D eigenvalue weighted by atomic mass is 16.5. The number of anilines is 1. The molecule has 0 saturated carbocycles. The molecule has 28 heavy (non-hydrogen) atoms. The number of nitrogens with one attached hydrogen (secondary N) is 2. The van der Waals surface area contributed by atoms with Crippen molar-refractivity contribution in [2.24, 2.45) is 0 Å². The number of furan rings is 1. The topological polar surface area (TPSA) is 85.6 Å². The fourth-order valence-electron chi connectivity index (χ4n) is 2.68. The lowest BCUT2D eigenvalue weighted by Crippen LogP contribution is -2.25. The Morgan fingerprint density at radius 1 is 1.11 bits per heavy atom. The predicted octanol–water partition coefficient (Wildman–Crippen LogP) is 3.28. The van der Waals surface area contributed by atoms with Crippen molar-refractivity contribution in [2.45, 2.75) is 13.0 Å². The van der Waals surface area contributed by atoms with Crippen molar-refractivity contribution in [2.75, 3.05) is 26.1 Å². The fourth-order valence-corrected chi connectivity index (χ4v) is 2.68. The number of carbonyl (C=O) groups is 1. The van der Waals surface area contributed by atoms with Crippen LogP contribution in [0.5, 0.6) is 11.5 Å². The molecular formula is C21H23N3O4. The molecule has 0 spiro atoms. The van der Waals surface area contributed by atoms with Crippen molar-refractivity contribution in [3.63, 3.8) is 0 Å². The van der Waals surface area contributed by atoms with E-state index < -0.39 is 0 Å². The minimum Gasteiger partial charge on any atom is -0.493 e. The first-order valence-electron chi connectivity index (χ1n) is 8.91. The van der Waals surface area contributed by atoms with Gasteiger partial charge in [-0.15, -0.1) is 0 Å². The first kappa shape index (κ1) is 19.3. The SMILES string of the molecule is COc1ccc(CCNC(=O)c2ccc(NCc3ccco3)nc2)cc1OC. The number of ether oxygens (including phenoxy) is 2. The van der Waals surface area contributed by atoms with Crippen LogP contribution in [0.3, 0.4) is 0 Å². The van der Waals surface area contributed by atoms with Gasteiger partial charge in [-0.25, -0.2) is 4.98 Å². The highest BCUT2D eigenvalue weighted by Crippen LogP contribution is 2.27. The van der Waals surface area contributed by atoms with E-state index in [1.54, 1.807) is 38.8 Å². The summed E-state index contributed by atoms with van der Waals surface area (Å²) in [5, 5.41) is 6.04. The molecule has 0 aliphatic carbocycles. The summed E-state index contributed by atoms with van der Waals surface area (Å²) in [6.45, 7) is 1.05. The molecule has 2 N–H and O–H groups in total. The van der Waals surface area contributed by atoms with Gasteiger partial charge in [0.05, 0.1) is 32.6 Å². The number of nitrogens with zero attached hydrogens (tertiary/aromatic N) is 1. The molecule has 3 rings (SSSR count). The van der Waals surface area contributed by atoms with Crippen molar-refractivity contribution >= 4 is 11.7 Å². The van der Waals surface area contributed by atoms with Crippen molar-refractivity contribution < 1.29 is 18.7 Å². The Kier molecular flexibility index (Phi) is 6.51. The van der Waals surface area contributed by atoms with Crippen molar-refractivity contribution in [1.29, 1.82) is 0 Å². The first-order chi connectivity index (χ1) is 13.7. The molecular weight excluding hydrogens is 358 g/mol. The third kappa shape index (κ3) is 5.03. The fraction of sp³-hybridized carbons (Fsp3) is 0.238. The molecule has 0 aliphatic heterocycles. The third-order valence-corrected chi connectivity index (χ3v) is 4.20. The lowest BCUT2D eigenvalue weighted by molar-refractivity contribution is 0.0954. The quantitative estimate of drug-likeness (QED) is 0.592. The molecule has 2 aromatic heterocycles. The number of hydrogen-bond acceptors (Lipinski definition) is 6. The monoisotopic (exact) mass is 381 g/mol. The Balaban J connectivity index is 1.48. The smallest absolute Gasteiger partial charge is 0.252 e. The molecule has 1 aromatic carbocycles. The van der Waals surface area contributed by atoms with Crippen LogP contribution in [0.2, 0.25) is 0 Å². The van der Waals surface area contributed by atoms with Crippen LogP contribution < -0.4 is 20.1 Å². The summed E-state index contributed by atoms with van der Waals surface area (Å²) in [6.07, 6.45) is 3.86. The van der Waals surface area contributed by atoms with Gasteiger partial charge >= 0.3 is 0 Å². The maximum atomic E-state index is 12.3. The summed E-state index contributed by atoms with van der Waals surface area (Å²) >= 11 is 0. The molecule has 1 amide bonds. The normalized spacial score (nSPS) is 10.4. The molecule has 0 aliphatic rings. The van der Waals surface area contributed by atoms with E-state index in [0.717, 1.165) is 11.3 Å². The largest absolute Gasteiger partial charge is 0.493 e. The molecule has 146 valence electrons. The molecule has 0 radical (unpaired) electrons. The van der Waals surface area contributed by atoms with Crippen LogP contribution in [0.15, 0.2) is 59.3 Å². The maximum absolute atomic E-state index is 12.3. The number of hydrogen-bond donors (Lipinski definition) is 2. The molecule has 2 heterocycles. The highest BCUT2D eigenvalue weighted by molar-refractivity contribution is 5.94. The summed E-state index contributed by atoms with van der Waals surface area (Å²) in [6, 6.07) is 12.9. The van der Waals surface area contributed by atoms with E-state index in [9.17, 15) is 4.79 Å². The number of carbonyl (C=O) groups excluding carboxylic acids is 1. The summed E-state index contributed by atoms with van der Waals surface area (Å²) in [4.78, 5) is 16.5. The van der Waals surface area contributed by atoms with Gasteiger partial charge in [-0.2, -0.15) is 0 Å². The number of pyridine rings is 1. The van der Waals surface area contributed by atoms with Crippen LogP contribution in [0, 0.1) is 0 Å². The van der Waals surface area contributed by atoms with Gasteiger partial charge in [-0.05, 0) is 48.4 Å². The van der Waals surface area contributed by atoms with Crippen LogP contribution in [0.1, 0.15) is 21.7 Å². The third-order valence-electron chi connectivity index (χ3n) is 4.20. The van der Waals surface area contributed by atoms with E-state index in [2.05, 4.69) is 15.6 Å². The zero-order chi connectivity index (χ0) is 19.8. The Labute approximate surface area is 163 Å². The molecule has 7 heteroatoms. The van der Waals surface area contributed by atoms with E-state index in [-0.39, 0.29) is 5.91 Å². The summed E-state index contributed by atoms with van der Waals surface area (Å²) in [5.41, 5.74) is 1.56. The van der Waals surface area contributed by atoms with Crippen LogP contribution in [0.25, 0.3) is 0 Å². The number of methoxy groups -OCH3 is 2. The Morgan fingerprint density at radius 3 is 2.64 bits per heavy atom. The summed E-state index contributed by atoms with van der Waals surface area (Å²) in [7, 11) is 3.20. The zero-order valence-electron chi connectivity index (χ0n) is 15.9. The molecule has 0 fully saturated rings. The average Bonchev–Trinajstić information content (AvgIpc) is 3.26. The minimum absolute atomic E-state index is 0.162. The second-order valence-electron chi connectivity index (χ2n) is 6.06. The molecule has 0 saturated heterocycles. The second-order valence-corrected chi connectivity index (χ2v) is 6.06. The van der Waals surface area contributed by atoms with E-state index in [1.165, 1.54) is 0 Å². The Hall–Kier alpha value is -3.48. The van der Waals surface area contributed by atoms with E-state index in [0.29, 0.717) is 42.4 Å². The highest BCUT2D eigenvalue weighted by Gasteiger charge is 2.08. The average molecular weight is 381 g/mol. The van der Waals surface area contributed by atoms with E-state index >= 15 is 0 Å². The first-order valence-corrected chi connectivity index (χ1v) is 8.91. The van der Waals surface area contributed by atoms with Crippen molar-refractivity contribution in [3.8, 4) is 11.5 Å². The van der Waals surface area contributed by atoms with Crippen molar-refractivity contribution in [3.05, 3.63) is 71.8 Å². The lowest BCUT2D eigenvalue weighted by Gasteiger charge is -2.10. The number of rotatable bonds is 9. The Morgan fingerprint density at radius 2 is 1.96 bits per heavy atom. The molecule has 0 atom stereocenters. The van der Waals surface area contributed by atoms with Crippen LogP contribution in [0.4, 0.5) is 5.82 Å². The van der Waals surface area contributed by atoms with E-state index in [1.807, 2.05) is 30.3 Å². The van der Waals surface area contributed by atoms with Gasteiger partial charge in [-0.1, -0.05) is 6.07 Å². The van der Waals surface area contributed by atoms with Gasteiger partial charge < -0.3 is 24.5 Å². The standard InChI is InChI=1S/C21H23N3O4/c1-26-18-7-5-15(12-19(18)27-2)9-10-22-21(25)16-6-8-20(23-13-16)24-14-17-4-3-11-28-17/h3-8,11-13H,9-10,14H2,1-2H3,(H,22,25)(H,23,24). The van der Waals surface area contributed by atoms with Gasteiger partial charge in [0.15, 0.2) is 11.5 Å². The van der Waals surface area contributed by atoms with Crippen LogP contribution in [-0.4, -0.2) is 31.7 Å². The van der Waals surface area contributed by atoms with Gasteiger partial charge in [0.2, 0.25) is 0 Å². The maximum Gasteiger partial charge on any atom is 0.252 e. The van der Waals surface area contributed by atoms with Crippen LogP contribution in [-0.2, 0) is 13.0 Å². The Bertz CT molecular complexity index is 893. The molecule has 3 aromatic rings. The molecule has 0 bridgehead atoms. The number of amides is 1. The molecule has 7 nitrogen and oxygen atoms in total. The number of benzene rings is 1. The van der Waals surface area contributed by atoms with Gasteiger partial charge in [0, 0.05) is 12.7 Å². The van der Waals surface area contributed by atoms with Gasteiger partial charge in [-0.3, -0.25) is 4.79 Å². The van der Waals surface area contributed by atoms with Gasteiger partial charge in [0.25, 0.3) is 5.91 Å².